The number of nitrogens with zero attached hydrogens (tertiary/aromatic N) is 2. The Balaban J connectivity index is 1.82. The molecule has 0 radical (unpaired) electrons. The van der Waals surface area contributed by atoms with E-state index in [2.05, 4.69) is 29.4 Å². The van der Waals surface area contributed by atoms with E-state index < -0.39 is 0 Å². The lowest BCUT2D eigenvalue weighted by molar-refractivity contribution is -0.129. The summed E-state index contributed by atoms with van der Waals surface area (Å²) in [4.78, 5) is 25.6. The number of carbonyl (C=O) groups is 2. The van der Waals surface area contributed by atoms with Crippen LogP contribution in [0.3, 0.4) is 0 Å². The Bertz CT molecular complexity index is 442. The molecule has 0 spiro atoms. The van der Waals surface area contributed by atoms with Crippen molar-refractivity contribution in [1.82, 2.24) is 20.4 Å². The van der Waals surface area contributed by atoms with E-state index in [0.717, 1.165) is 12.2 Å². The van der Waals surface area contributed by atoms with Gasteiger partial charge in [0, 0.05) is 25.7 Å². The Hall–Kier alpha value is -1.85. The molecule has 1 saturated heterocycles. The number of amides is 2. The Kier molecular flexibility index (Phi) is 4.19. The maximum Gasteiger partial charge on any atom is 0.225 e. The number of hydrogen-bond acceptors (Lipinski definition) is 3. The van der Waals surface area contributed by atoms with Crippen molar-refractivity contribution in [3.63, 3.8) is 0 Å². The second-order valence-corrected chi connectivity index (χ2v) is 5.39. The number of H-pyrrole nitrogens is 1. The normalized spacial score (nSPS) is 19.2. The first-order chi connectivity index (χ1) is 9.06. The van der Waals surface area contributed by atoms with E-state index >= 15 is 0 Å². The fourth-order valence-corrected chi connectivity index (χ4v) is 2.27. The van der Waals surface area contributed by atoms with Crippen LogP contribution in [0.5, 0.6) is 0 Å². The summed E-state index contributed by atoms with van der Waals surface area (Å²) >= 11 is 0. The molecular weight excluding hydrogens is 244 g/mol. The van der Waals surface area contributed by atoms with Crippen LogP contribution in [0, 0.1) is 11.8 Å². The maximum absolute atomic E-state index is 12.0. The van der Waals surface area contributed by atoms with Crippen LogP contribution in [-0.2, 0) is 16.1 Å². The molecule has 2 amide bonds. The zero-order valence-electron chi connectivity index (χ0n) is 11.3. The molecule has 1 fully saturated rings. The van der Waals surface area contributed by atoms with Crippen molar-refractivity contribution in [3.8, 4) is 0 Å². The predicted molar refractivity (Wildman–Crippen MR) is 70.0 cm³/mol. The molecule has 1 aromatic heterocycles. The number of hydrogen-bond donors (Lipinski definition) is 2. The van der Waals surface area contributed by atoms with Gasteiger partial charge in [0.2, 0.25) is 11.8 Å². The van der Waals surface area contributed by atoms with Crippen molar-refractivity contribution in [2.24, 2.45) is 11.8 Å². The zero-order valence-corrected chi connectivity index (χ0v) is 11.3. The van der Waals surface area contributed by atoms with Crippen molar-refractivity contribution >= 4 is 11.8 Å². The van der Waals surface area contributed by atoms with E-state index in [1.54, 1.807) is 11.1 Å². The zero-order chi connectivity index (χ0) is 13.8. The quantitative estimate of drug-likeness (QED) is 0.814. The number of aromatic amines is 1. The van der Waals surface area contributed by atoms with Crippen molar-refractivity contribution in [2.75, 3.05) is 13.1 Å². The first-order valence-electron chi connectivity index (χ1n) is 6.60. The van der Waals surface area contributed by atoms with Crippen LogP contribution < -0.4 is 5.32 Å². The fourth-order valence-electron chi connectivity index (χ4n) is 2.27. The first-order valence-corrected chi connectivity index (χ1v) is 6.60. The van der Waals surface area contributed by atoms with Crippen LogP contribution in [0.2, 0.25) is 0 Å². The SMILES string of the molecule is CC(C)CN1CC(C(=O)NCc2ccn[nH]2)CC1=O. The van der Waals surface area contributed by atoms with Crippen LogP contribution in [0.1, 0.15) is 26.0 Å². The highest BCUT2D eigenvalue weighted by molar-refractivity contribution is 5.89. The van der Waals surface area contributed by atoms with Gasteiger partial charge in [0.1, 0.15) is 0 Å². The van der Waals surface area contributed by atoms with Gasteiger partial charge in [-0.2, -0.15) is 5.10 Å². The van der Waals surface area contributed by atoms with Crippen molar-refractivity contribution in [3.05, 3.63) is 18.0 Å². The number of rotatable bonds is 5. The molecule has 19 heavy (non-hydrogen) atoms. The van der Waals surface area contributed by atoms with E-state index in [1.807, 2.05) is 6.07 Å². The summed E-state index contributed by atoms with van der Waals surface area (Å²) < 4.78 is 0. The number of nitrogens with one attached hydrogen (secondary N) is 2. The molecule has 1 atom stereocenters. The fraction of sp³-hybridized carbons (Fsp3) is 0.615. The molecule has 6 nitrogen and oxygen atoms in total. The number of aromatic nitrogens is 2. The molecule has 1 aliphatic rings. The molecule has 1 unspecified atom stereocenters. The highest BCUT2D eigenvalue weighted by Gasteiger charge is 2.34. The average molecular weight is 264 g/mol. The molecule has 6 heteroatoms. The molecule has 0 aliphatic carbocycles. The second kappa shape index (κ2) is 5.86. The van der Waals surface area contributed by atoms with Crippen LogP contribution in [0.25, 0.3) is 0 Å². The van der Waals surface area contributed by atoms with E-state index in [-0.39, 0.29) is 17.7 Å². The van der Waals surface area contributed by atoms with E-state index in [9.17, 15) is 9.59 Å². The highest BCUT2D eigenvalue weighted by atomic mass is 16.2. The average Bonchev–Trinajstić information content (AvgIpc) is 2.96. The van der Waals surface area contributed by atoms with Gasteiger partial charge in [-0.1, -0.05) is 13.8 Å². The third-order valence-corrected chi connectivity index (χ3v) is 3.18. The van der Waals surface area contributed by atoms with Gasteiger partial charge in [-0.15, -0.1) is 0 Å². The maximum atomic E-state index is 12.0. The molecule has 104 valence electrons. The van der Waals surface area contributed by atoms with Gasteiger partial charge < -0.3 is 10.2 Å². The number of carbonyl (C=O) groups excluding carboxylic acids is 2. The van der Waals surface area contributed by atoms with E-state index in [0.29, 0.717) is 25.4 Å². The van der Waals surface area contributed by atoms with Crippen LogP contribution >= 0.6 is 0 Å². The van der Waals surface area contributed by atoms with Gasteiger partial charge in [-0.05, 0) is 12.0 Å². The van der Waals surface area contributed by atoms with Gasteiger partial charge >= 0.3 is 0 Å². The molecule has 1 aromatic rings. The van der Waals surface area contributed by atoms with Crippen LogP contribution in [0.15, 0.2) is 12.3 Å². The molecule has 0 saturated carbocycles. The van der Waals surface area contributed by atoms with Gasteiger partial charge in [-0.25, -0.2) is 0 Å². The van der Waals surface area contributed by atoms with E-state index in [4.69, 9.17) is 0 Å². The standard InChI is InChI=1S/C13H20N4O2/c1-9(2)7-17-8-10(5-12(17)18)13(19)14-6-11-3-4-15-16-11/h3-4,9-10H,5-8H2,1-2H3,(H,14,19)(H,15,16). The van der Waals surface area contributed by atoms with E-state index in [1.165, 1.54) is 0 Å². The number of likely N-dealkylation sites (tertiary alicyclic amines) is 1. The summed E-state index contributed by atoms with van der Waals surface area (Å²) in [6.07, 6.45) is 1.96. The Labute approximate surface area is 112 Å². The summed E-state index contributed by atoms with van der Waals surface area (Å²) in [5, 5.41) is 9.43. The molecule has 2 N–H and O–H groups in total. The lowest BCUT2D eigenvalue weighted by Crippen LogP contribution is -2.33. The van der Waals surface area contributed by atoms with Gasteiger partial charge in [-0.3, -0.25) is 14.7 Å². The molecule has 1 aliphatic heterocycles. The minimum atomic E-state index is -0.228. The van der Waals surface area contributed by atoms with Gasteiger partial charge in [0.15, 0.2) is 0 Å². The molecule has 2 heterocycles. The second-order valence-electron chi connectivity index (χ2n) is 5.39. The Morgan fingerprint density at radius 3 is 3.05 bits per heavy atom. The summed E-state index contributed by atoms with van der Waals surface area (Å²) in [6, 6.07) is 1.81. The third kappa shape index (κ3) is 3.56. The molecule has 0 bridgehead atoms. The lowest BCUT2D eigenvalue weighted by atomic mass is 10.1. The van der Waals surface area contributed by atoms with Crippen molar-refractivity contribution < 1.29 is 9.59 Å². The molecular formula is C13H20N4O2. The smallest absolute Gasteiger partial charge is 0.225 e. The first kappa shape index (κ1) is 13.6. The molecule has 2 rings (SSSR count). The summed E-state index contributed by atoms with van der Waals surface area (Å²) in [6.45, 7) is 5.82. The monoisotopic (exact) mass is 264 g/mol. The summed E-state index contributed by atoms with van der Waals surface area (Å²) in [5.41, 5.74) is 0.858. The molecule has 0 aromatic carbocycles. The third-order valence-electron chi connectivity index (χ3n) is 3.18. The summed E-state index contributed by atoms with van der Waals surface area (Å²) in [5.74, 6) is 0.217. The summed E-state index contributed by atoms with van der Waals surface area (Å²) in [7, 11) is 0. The minimum Gasteiger partial charge on any atom is -0.350 e. The Morgan fingerprint density at radius 2 is 2.42 bits per heavy atom. The highest BCUT2D eigenvalue weighted by Crippen LogP contribution is 2.19. The van der Waals surface area contributed by atoms with Gasteiger partial charge in [0.05, 0.1) is 18.2 Å². The van der Waals surface area contributed by atoms with Crippen molar-refractivity contribution in [2.45, 2.75) is 26.8 Å². The van der Waals surface area contributed by atoms with Crippen molar-refractivity contribution in [1.29, 1.82) is 0 Å². The topological polar surface area (TPSA) is 78.1 Å². The lowest BCUT2D eigenvalue weighted by Gasteiger charge is -2.18. The van der Waals surface area contributed by atoms with Crippen LogP contribution in [0.4, 0.5) is 0 Å². The Morgan fingerprint density at radius 1 is 1.63 bits per heavy atom. The largest absolute Gasteiger partial charge is 0.350 e. The van der Waals surface area contributed by atoms with Gasteiger partial charge in [0.25, 0.3) is 0 Å². The predicted octanol–water partition coefficient (Wildman–Crippen LogP) is 0.530. The van der Waals surface area contributed by atoms with Crippen LogP contribution in [-0.4, -0.2) is 40.0 Å². The minimum absolute atomic E-state index is 0.0609.